The summed E-state index contributed by atoms with van der Waals surface area (Å²) in [5.74, 6) is -0.777. The fourth-order valence-corrected chi connectivity index (χ4v) is 3.14. The number of ether oxygens (including phenoxy) is 1. The van der Waals surface area contributed by atoms with Gasteiger partial charge in [-0.2, -0.15) is 0 Å². The third kappa shape index (κ3) is 3.89. The Labute approximate surface area is 96.4 Å². The molecule has 0 rings (SSSR count). The molecule has 0 aromatic heterocycles. The van der Waals surface area contributed by atoms with Gasteiger partial charge in [-0.15, -0.1) is 0 Å². The van der Waals surface area contributed by atoms with Gasteiger partial charge >= 0.3 is 13.6 Å². The molecule has 2 unspecified atom stereocenters. The Morgan fingerprint density at radius 2 is 1.94 bits per heavy atom. The van der Waals surface area contributed by atoms with E-state index in [2.05, 4.69) is 0 Å². The molecule has 0 fully saturated rings. The SMILES string of the molecule is CCC(CP(=O)(O)O)C(C)(CC)C(=O)OC. The van der Waals surface area contributed by atoms with Crippen LogP contribution < -0.4 is 0 Å². The van der Waals surface area contributed by atoms with Gasteiger partial charge in [0.2, 0.25) is 0 Å². The van der Waals surface area contributed by atoms with Crippen molar-refractivity contribution in [1.82, 2.24) is 0 Å². The predicted octanol–water partition coefficient (Wildman–Crippen LogP) is 1.78. The summed E-state index contributed by atoms with van der Waals surface area (Å²) in [6.07, 6.45) is 0.756. The van der Waals surface area contributed by atoms with Crippen LogP contribution >= 0.6 is 7.60 Å². The van der Waals surface area contributed by atoms with Gasteiger partial charge in [0.05, 0.1) is 18.7 Å². The number of esters is 1. The van der Waals surface area contributed by atoms with Crippen molar-refractivity contribution in [2.75, 3.05) is 13.3 Å². The summed E-state index contributed by atoms with van der Waals surface area (Å²) in [5, 5.41) is 0. The smallest absolute Gasteiger partial charge is 0.325 e. The van der Waals surface area contributed by atoms with Gasteiger partial charge in [-0.25, -0.2) is 0 Å². The summed E-state index contributed by atoms with van der Waals surface area (Å²) in [6, 6.07) is 0. The van der Waals surface area contributed by atoms with Crippen LogP contribution in [0, 0.1) is 11.3 Å². The molecule has 0 heterocycles. The van der Waals surface area contributed by atoms with E-state index in [-0.39, 0.29) is 12.1 Å². The Bertz CT molecular complexity index is 285. The molecule has 6 heteroatoms. The van der Waals surface area contributed by atoms with Gasteiger partial charge in [-0.05, 0) is 19.3 Å². The summed E-state index contributed by atoms with van der Waals surface area (Å²) in [7, 11) is -2.81. The van der Waals surface area contributed by atoms with E-state index < -0.39 is 19.0 Å². The third-order valence-electron chi connectivity index (χ3n) is 3.24. The lowest BCUT2D eigenvalue weighted by Crippen LogP contribution is -2.38. The van der Waals surface area contributed by atoms with Crippen LogP contribution in [0.4, 0.5) is 0 Å². The zero-order valence-corrected chi connectivity index (χ0v) is 11.2. The molecule has 0 saturated carbocycles. The first kappa shape index (κ1) is 15.6. The van der Waals surface area contributed by atoms with Crippen LogP contribution in [0.5, 0.6) is 0 Å². The Morgan fingerprint density at radius 1 is 1.44 bits per heavy atom. The van der Waals surface area contributed by atoms with Crippen LogP contribution in [0.3, 0.4) is 0 Å². The molecule has 0 bridgehead atoms. The minimum atomic E-state index is -4.11. The summed E-state index contributed by atoms with van der Waals surface area (Å²) < 4.78 is 15.7. The Balaban J connectivity index is 5.02. The van der Waals surface area contributed by atoms with E-state index in [9.17, 15) is 9.36 Å². The van der Waals surface area contributed by atoms with Crippen LogP contribution in [-0.4, -0.2) is 29.0 Å². The largest absolute Gasteiger partial charge is 0.469 e. The normalized spacial score (nSPS) is 17.6. The second-order valence-corrected chi connectivity index (χ2v) is 5.91. The average Bonchev–Trinajstić information content (AvgIpc) is 2.22. The minimum Gasteiger partial charge on any atom is -0.469 e. The highest BCUT2D eigenvalue weighted by molar-refractivity contribution is 7.51. The summed E-state index contributed by atoms with van der Waals surface area (Å²) in [5.41, 5.74) is -0.829. The number of carbonyl (C=O) groups excluding carboxylic acids is 1. The van der Waals surface area contributed by atoms with Crippen molar-refractivity contribution in [3.05, 3.63) is 0 Å². The second-order valence-electron chi connectivity index (χ2n) is 4.22. The maximum atomic E-state index is 11.7. The van der Waals surface area contributed by atoms with Crippen LogP contribution in [0.1, 0.15) is 33.6 Å². The Hall–Kier alpha value is -0.380. The van der Waals surface area contributed by atoms with E-state index in [1.807, 2.05) is 13.8 Å². The molecular formula is C10H21O5P. The molecule has 96 valence electrons. The van der Waals surface area contributed by atoms with E-state index in [1.54, 1.807) is 6.92 Å². The molecule has 0 spiro atoms. The van der Waals surface area contributed by atoms with E-state index in [4.69, 9.17) is 14.5 Å². The zero-order chi connectivity index (χ0) is 13.0. The monoisotopic (exact) mass is 252 g/mol. The van der Waals surface area contributed by atoms with Crippen LogP contribution in [0.25, 0.3) is 0 Å². The van der Waals surface area contributed by atoms with E-state index in [0.29, 0.717) is 12.8 Å². The molecule has 0 aromatic rings. The first-order valence-electron chi connectivity index (χ1n) is 5.34. The number of carbonyl (C=O) groups is 1. The van der Waals surface area contributed by atoms with Crippen molar-refractivity contribution < 1.29 is 23.9 Å². The lowest BCUT2D eigenvalue weighted by Gasteiger charge is -2.33. The van der Waals surface area contributed by atoms with Gasteiger partial charge < -0.3 is 14.5 Å². The van der Waals surface area contributed by atoms with Gasteiger partial charge in [0, 0.05) is 0 Å². The molecule has 0 amide bonds. The molecule has 2 N–H and O–H groups in total. The topological polar surface area (TPSA) is 83.8 Å². The fraction of sp³-hybridized carbons (Fsp3) is 0.900. The molecular weight excluding hydrogens is 231 g/mol. The lowest BCUT2D eigenvalue weighted by atomic mass is 9.74. The Kier molecular flexibility index (Phi) is 5.66. The van der Waals surface area contributed by atoms with Crippen molar-refractivity contribution in [2.45, 2.75) is 33.6 Å². The maximum Gasteiger partial charge on any atom is 0.325 e. The Morgan fingerprint density at radius 3 is 2.19 bits per heavy atom. The fourth-order valence-electron chi connectivity index (χ4n) is 1.90. The number of rotatable bonds is 6. The van der Waals surface area contributed by atoms with Crippen molar-refractivity contribution in [2.24, 2.45) is 11.3 Å². The van der Waals surface area contributed by atoms with E-state index in [1.165, 1.54) is 7.11 Å². The summed E-state index contributed by atoms with van der Waals surface area (Å²) >= 11 is 0. The molecule has 16 heavy (non-hydrogen) atoms. The van der Waals surface area contributed by atoms with Crippen LogP contribution in [-0.2, 0) is 14.1 Å². The standard InChI is InChI=1S/C10H21O5P/c1-5-8(7-16(12,13)14)10(3,6-2)9(11)15-4/h8H,5-7H2,1-4H3,(H2,12,13,14). The van der Waals surface area contributed by atoms with Gasteiger partial charge in [0.1, 0.15) is 0 Å². The molecule has 0 radical (unpaired) electrons. The second kappa shape index (κ2) is 5.80. The van der Waals surface area contributed by atoms with Crippen molar-refractivity contribution in [3.8, 4) is 0 Å². The number of hydrogen-bond donors (Lipinski definition) is 2. The average molecular weight is 252 g/mol. The number of methoxy groups -OCH3 is 1. The van der Waals surface area contributed by atoms with Gasteiger partial charge in [0.15, 0.2) is 0 Å². The lowest BCUT2D eigenvalue weighted by molar-refractivity contribution is -0.155. The molecule has 5 nitrogen and oxygen atoms in total. The highest BCUT2D eigenvalue weighted by Crippen LogP contribution is 2.45. The molecule has 0 aliphatic rings. The first-order valence-corrected chi connectivity index (χ1v) is 7.14. The van der Waals surface area contributed by atoms with E-state index in [0.717, 1.165) is 0 Å². The van der Waals surface area contributed by atoms with Gasteiger partial charge in [-0.3, -0.25) is 9.36 Å². The van der Waals surface area contributed by atoms with Crippen LogP contribution in [0.15, 0.2) is 0 Å². The summed E-state index contributed by atoms with van der Waals surface area (Å²) in [6.45, 7) is 5.33. The van der Waals surface area contributed by atoms with Crippen LogP contribution in [0.2, 0.25) is 0 Å². The maximum absolute atomic E-state index is 11.7. The molecule has 0 aliphatic carbocycles. The predicted molar refractivity (Wildman–Crippen MR) is 61.1 cm³/mol. The van der Waals surface area contributed by atoms with Crippen molar-refractivity contribution in [1.29, 1.82) is 0 Å². The van der Waals surface area contributed by atoms with Gasteiger partial charge in [-0.1, -0.05) is 20.3 Å². The summed E-state index contributed by atoms with van der Waals surface area (Å²) in [4.78, 5) is 29.7. The number of hydrogen-bond acceptors (Lipinski definition) is 3. The van der Waals surface area contributed by atoms with E-state index >= 15 is 0 Å². The zero-order valence-electron chi connectivity index (χ0n) is 10.3. The molecule has 0 aliphatic heterocycles. The highest BCUT2D eigenvalue weighted by atomic mass is 31.2. The first-order chi connectivity index (χ1) is 7.21. The van der Waals surface area contributed by atoms with Crippen molar-refractivity contribution >= 4 is 13.6 Å². The highest BCUT2D eigenvalue weighted by Gasteiger charge is 2.42. The molecule has 0 aromatic carbocycles. The molecule has 0 saturated heterocycles. The molecule has 2 atom stereocenters. The van der Waals surface area contributed by atoms with Crippen molar-refractivity contribution in [3.63, 3.8) is 0 Å². The minimum absolute atomic E-state index is 0.275. The quantitative estimate of drug-likeness (QED) is 0.556. The van der Waals surface area contributed by atoms with Gasteiger partial charge in [0.25, 0.3) is 0 Å². The third-order valence-corrected chi connectivity index (χ3v) is 4.15.